The minimum Gasteiger partial charge on any atom is -0.294 e. The van der Waals surface area contributed by atoms with Crippen molar-refractivity contribution in [1.82, 2.24) is 0 Å². The molecule has 0 aliphatic carbocycles. The lowest BCUT2D eigenvalue weighted by atomic mass is 9.97. The standard InChI is InChI=1S/C17H18O/c1-12-8-9-16(10-14(12)3)17(18)11-15-7-5-4-6-13(15)2/h4-10H,11H2,1-3H3. The van der Waals surface area contributed by atoms with Gasteiger partial charge in [-0.05, 0) is 49.1 Å². The Hall–Kier alpha value is -1.89. The minimum absolute atomic E-state index is 0.187. The molecular formula is C17H18O. The van der Waals surface area contributed by atoms with Crippen LogP contribution in [0.15, 0.2) is 42.5 Å². The third kappa shape index (κ3) is 2.67. The molecule has 0 spiro atoms. The molecule has 0 fully saturated rings. The van der Waals surface area contributed by atoms with Gasteiger partial charge in [0.05, 0.1) is 0 Å². The molecule has 2 aromatic carbocycles. The van der Waals surface area contributed by atoms with Crippen molar-refractivity contribution in [3.8, 4) is 0 Å². The van der Waals surface area contributed by atoms with Gasteiger partial charge in [-0.1, -0.05) is 36.4 Å². The van der Waals surface area contributed by atoms with E-state index >= 15 is 0 Å². The Balaban J connectivity index is 2.22. The Labute approximate surface area is 108 Å². The number of ketones is 1. The molecule has 1 nitrogen and oxygen atoms in total. The van der Waals surface area contributed by atoms with Crippen LogP contribution in [0.2, 0.25) is 0 Å². The number of Topliss-reactive ketones (excluding diaryl/α,β-unsaturated/α-hetero) is 1. The van der Waals surface area contributed by atoms with E-state index in [4.69, 9.17) is 0 Å². The third-order valence-electron chi connectivity index (χ3n) is 3.44. The minimum atomic E-state index is 0.187. The molecule has 0 saturated heterocycles. The Morgan fingerprint density at radius 3 is 2.28 bits per heavy atom. The number of carbonyl (C=O) groups excluding carboxylic acids is 1. The summed E-state index contributed by atoms with van der Waals surface area (Å²) >= 11 is 0. The molecule has 0 heterocycles. The number of benzene rings is 2. The van der Waals surface area contributed by atoms with E-state index in [1.54, 1.807) is 0 Å². The molecular weight excluding hydrogens is 220 g/mol. The molecule has 1 heteroatoms. The molecule has 0 bridgehead atoms. The van der Waals surface area contributed by atoms with E-state index in [0.29, 0.717) is 6.42 Å². The van der Waals surface area contributed by atoms with Crippen LogP contribution in [0.1, 0.15) is 32.6 Å². The van der Waals surface area contributed by atoms with Gasteiger partial charge in [0.25, 0.3) is 0 Å². The molecule has 0 aliphatic heterocycles. The van der Waals surface area contributed by atoms with Gasteiger partial charge in [-0.3, -0.25) is 4.79 Å². The van der Waals surface area contributed by atoms with Crippen LogP contribution in [-0.2, 0) is 6.42 Å². The fraction of sp³-hybridized carbons (Fsp3) is 0.235. The molecule has 0 aliphatic rings. The quantitative estimate of drug-likeness (QED) is 0.738. The van der Waals surface area contributed by atoms with Crippen molar-refractivity contribution in [2.75, 3.05) is 0 Å². The average molecular weight is 238 g/mol. The number of carbonyl (C=O) groups is 1. The van der Waals surface area contributed by atoms with Crippen LogP contribution in [-0.4, -0.2) is 5.78 Å². The van der Waals surface area contributed by atoms with Crippen molar-refractivity contribution < 1.29 is 4.79 Å². The second-order valence-corrected chi connectivity index (χ2v) is 4.83. The highest BCUT2D eigenvalue weighted by molar-refractivity contribution is 5.97. The van der Waals surface area contributed by atoms with Crippen molar-refractivity contribution in [3.63, 3.8) is 0 Å². The van der Waals surface area contributed by atoms with E-state index in [1.165, 1.54) is 16.7 Å². The average Bonchev–Trinajstić information content (AvgIpc) is 2.35. The number of hydrogen-bond acceptors (Lipinski definition) is 1. The molecule has 18 heavy (non-hydrogen) atoms. The molecule has 92 valence electrons. The maximum absolute atomic E-state index is 12.2. The third-order valence-corrected chi connectivity index (χ3v) is 3.44. The first-order valence-corrected chi connectivity index (χ1v) is 6.23. The normalized spacial score (nSPS) is 10.4. The van der Waals surface area contributed by atoms with Gasteiger partial charge < -0.3 is 0 Å². The Morgan fingerprint density at radius 2 is 1.61 bits per heavy atom. The SMILES string of the molecule is Cc1ccc(C(=O)Cc2ccccc2C)cc1C. The van der Waals surface area contributed by atoms with Gasteiger partial charge >= 0.3 is 0 Å². The van der Waals surface area contributed by atoms with Gasteiger partial charge in [-0.25, -0.2) is 0 Å². The van der Waals surface area contributed by atoms with Gasteiger partial charge in [0.1, 0.15) is 0 Å². The fourth-order valence-electron chi connectivity index (χ4n) is 2.00. The van der Waals surface area contributed by atoms with E-state index in [-0.39, 0.29) is 5.78 Å². The zero-order valence-electron chi connectivity index (χ0n) is 11.2. The van der Waals surface area contributed by atoms with Crippen molar-refractivity contribution >= 4 is 5.78 Å². The summed E-state index contributed by atoms with van der Waals surface area (Å²) in [6.07, 6.45) is 0.481. The molecule has 0 radical (unpaired) electrons. The van der Waals surface area contributed by atoms with Gasteiger partial charge in [0.2, 0.25) is 0 Å². The summed E-state index contributed by atoms with van der Waals surface area (Å²) in [6.45, 7) is 6.15. The predicted octanol–water partition coefficient (Wildman–Crippen LogP) is 4.04. The Kier molecular flexibility index (Phi) is 3.61. The number of hydrogen-bond donors (Lipinski definition) is 0. The smallest absolute Gasteiger partial charge is 0.167 e. The highest BCUT2D eigenvalue weighted by Crippen LogP contribution is 2.14. The van der Waals surface area contributed by atoms with Crippen LogP contribution < -0.4 is 0 Å². The largest absolute Gasteiger partial charge is 0.294 e. The number of rotatable bonds is 3. The molecule has 2 aromatic rings. The summed E-state index contributed by atoms with van der Waals surface area (Å²) in [7, 11) is 0. The summed E-state index contributed by atoms with van der Waals surface area (Å²) in [5.74, 6) is 0.187. The summed E-state index contributed by atoms with van der Waals surface area (Å²) in [6, 6.07) is 14.0. The fourth-order valence-corrected chi connectivity index (χ4v) is 2.00. The maximum atomic E-state index is 12.2. The zero-order valence-corrected chi connectivity index (χ0v) is 11.2. The first-order chi connectivity index (χ1) is 8.58. The maximum Gasteiger partial charge on any atom is 0.167 e. The molecule has 2 rings (SSSR count). The van der Waals surface area contributed by atoms with Crippen LogP contribution in [0.5, 0.6) is 0 Å². The van der Waals surface area contributed by atoms with Crippen LogP contribution >= 0.6 is 0 Å². The molecule has 0 atom stereocenters. The van der Waals surface area contributed by atoms with Crippen LogP contribution in [0.3, 0.4) is 0 Å². The lowest BCUT2D eigenvalue weighted by Gasteiger charge is -2.07. The van der Waals surface area contributed by atoms with Crippen molar-refractivity contribution in [2.24, 2.45) is 0 Å². The summed E-state index contributed by atoms with van der Waals surface area (Å²) in [5.41, 5.74) is 5.49. The summed E-state index contributed by atoms with van der Waals surface area (Å²) in [4.78, 5) is 12.2. The Bertz CT molecular complexity index is 582. The predicted molar refractivity (Wildman–Crippen MR) is 75.1 cm³/mol. The van der Waals surface area contributed by atoms with E-state index in [9.17, 15) is 4.79 Å². The molecule has 0 unspecified atom stereocenters. The van der Waals surface area contributed by atoms with Crippen molar-refractivity contribution in [2.45, 2.75) is 27.2 Å². The highest BCUT2D eigenvalue weighted by Gasteiger charge is 2.09. The highest BCUT2D eigenvalue weighted by atomic mass is 16.1. The molecule has 0 aromatic heterocycles. The van der Waals surface area contributed by atoms with E-state index in [2.05, 4.69) is 6.92 Å². The lowest BCUT2D eigenvalue weighted by Crippen LogP contribution is -2.05. The molecule has 0 saturated carbocycles. The first-order valence-electron chi connectivity index (χ1n) is 6.23. The van der Waals surface area contributed by atoms with Crippen LogP contribution in [0, 0.1) is 20.8 Å². The van der Waals surface area contributed by atoms with Gasteiger partial charge in [0, 0.05) is 12.0 Å². The van der Waals surface area contributed by atoms with Gasteiger partial charge in [0.15, 0.2) is 5.78 Å². The second-order valence-electron chi connectivity index (χ2n) is 4.83. The van der Waals surface area contributed by atoms with Crippen molar-refractivity contribution in [1.29, 1.82) is 0 Å². The van der Waals surface area contributed by atoms with Crippen LogP contribution in [0.25, 0.3) is 0 Å². The first kappa shape index (κ1) is 12.6. The Morgan fingerprint density at radius 1 is 0.889 bits per heavy atom. The summed E-state index contributed by atoms with van der Waals surface area (Å²) < 4.78 is 0. The number of aryl methyl sites for hydroxylation is 3. The monoisotopic (exact) mass is 238 g/mol. The molecule has 0 N–H and O–H groups in total. The molecule has 0 amide bonds. The van der Waals surface area contributed by atoms with E-state index in [0.717, 1.165) is 11.1 Å². The van der Waals surface area contributed by atoms with E-state index in [1.807, 2.05) is 56.3 Å². The zero-order chi connectivity index (χ0) is 13.1. The lowest BCUT2D eigenvalue weighted by molar-refractivity contribution is 0.0992. The van der Waals surface area contributed by atoms with Crippen LogP contribution in [0.4, 0.5) is 0 Å². The van der Waals surface area contributed by atoms with Crippen molar-refractivity contribution in [3.05, 3.63) is 70.3 Å². The van der Waals surface area contributed by atoms with Gasteiger partial charge in [-0.15, -0.1) is 0 Å². The van der Waals surface area contributed by atoms with Gasteiger partial charge in [-0.2, -0.15) is 0 Å². The topological polar surface area (TPSA) is 17.1 Å². The van der Waals surface area contributed by atoms with E-state index < -0.39 is 0 Å². The second kappa shape index (κ2) is 5.18. The summed E-state index contributed by atoms with van der Waals surface area (Å²) in [5, 5.41) is 0.